The summed E-state index contributed by atoms with van der Waals surface area (Å²) in [6.45, 7) is 1.18. The monoisotopic (exact) mass is 559 g/mol. The lowest BCUT2D eigenvalue weighted by molar-refractivity contribution is -0.139. The zero-order valence-electron chi connectivity index (χ0n) is 19.5. The van der Waals surface area contributed by atoms with Crippen LogP contribution in [-0.2, 0) is 26.2 Å². The molecular formula is C24H28Cl3N3O4S. The summed E-state index contributed by atoms with van der Waals surface area (Å²) in [5, 5.41) is 3.73. The fraction of sp³-hybridized carbons (Fsp3) is 0.417. The third-order valence-corrected chi connectivity index (χ3v) is 8.20. The van der Waals surface area contributed by atoms with Crippen LogP contribution in [0.3, 0.4) is 0 Å². The van der Waals surface area contributed by atoms with Crippen molar-refractivity contribution in [3.8, 4) is 0 Å². The molecule has 3 rings (SSSR count). The Morgan fingerprint density at radius 2 is 1.69 bits per heavy atom. The molecule has 190 valence electrons. The number of sulfonamides is 1. The number of carbonyl (C=O) groups excluding carboxylic acids is 2. The summed E-state index contributed by atoms with van der Waals surface area (Å²) in [6.07, 6.45) is 4.89. The fourth-order valence-corrected chi connectivity index (χ4v) is 5.47. The van der Waals surface area contributed by atoms with E-state index in [-0.39, 0.29) is 34.2 Å². The first kappa shape index (κ1) is 27.6. The van der Waals surface area contributed by atoms with Crippen LogP contribution in [0.5, 0.6) is 0 Å². The van der Waals surface area contributed by atoms with Crippen molar-refractivity contribution in [2.24, 2.45) is 0 Å². The van der Waals surface area contributed by atoms with Gasteiger partial charge in [0.15, 0.2) is 0 Å². The highest BCUT2D eigenvalue weighted by Gasteiger charge is 2.32. The summed E-state index contributed by atoms with van der Waals surface area (Å²) in [5.41, 5.74) is 0.833. The largest absolute Gasteiger partial charge is 0.352 e. The van der Waals surface area contributed by atoms with E-state index in [4.69, 9.17) is 34.8 Å². The summed E-state index contributed by atoms with van der Waals surface area (Å²) in [4.78, 5) is 28.0. The van der Waals surface area contributed by atoms with E-state index in [1.165, 1.54) is 17.0 Å². The van der Waals surface area contributed by atoms with Gasteiger partial charge in [-0.1, -0.05) is 65.8 Å². The highest BCUT2D eigenvalue weighted by molar-refractivity contribution is 7.92. The van der Waals surface area contributed by atoms with E-state index >= 15 is 0 Å². The number of nitrogens with zero attached hydrogens (tertiary/aromatic N) is 2. The minimum absolute atomic E-state index is 0.0173. The van der Waals surface area contributed by atoms with Crippen molar-refractivity contribution in [1.82, 2.24) is 10.2 Å². The Balaban J connectivity index is 1.90. The molecule has 1 N–H and O–H groups in total. The van der Waals surface area contributed by atoms with Gasteiger partial charge in [-0.15, -0.1) is 0 Å². The molecule has 0 radical (unpaired) electrons. The van der Waals surface area contributed by atoms with E-state index in [0.29, 0.717) is 5.02 Å². The molecule has 0 spiro atoms. The Kier molecular flexibility index (Phi) is 9.32. The molecule has 0 bridgehead atoms. The number of hydrogen-bond acceptors (Lipinski definition) is 4. The molecular weight excluding hydrogens is 533 g/mol. The highest BCUT2D eigenvalue weighted by atomic mass is 35.5. The van der Waals surface area contributed by atoms with Crippen LogP contribution >= 0.6 is 34.8 Å². The Morgan fingerprint density at radius 1 is 1.06 bits per heavy atom. The maximum absolute atomic E-state index is 13.6. The van der Waals surface area contributed by atoms with Crippen molar-refractivity contribution >= 4 is 62.3 Å². The number of nitrogens with one attached hydrogen (secondary N) is 1. The van der Waals surface area contributed by atoms with Gasteiger partial charge in [0.05, 0.1) is 22.0 Å². The first-order valence-electron chi connectivity index (χ1n) is 11.2. The van der Waals surface area contributed by atoms with E-state index in [1.807, 2.05) is 0 Å². The Bertz CT molecular complexity index is 1170. The molecule has 0 saturated heterocycles. The molecule has 0 aromatic heterocycles. The first-order chi connectivity index (χ1) is 16.5. The van der Waals surface area contributed by atoms with E-state index in [2.05, 4.69) is 5.32 Å². The van der Waals surface area contributed by atoms with Crippen LogP contribution in [0, 0.1) is 0 Å². The van der Waals surface area contributed by atoms with Gasteiger partial charge in [-0.3, -0.25) is 13.9 Å². The van der Waals surface area contributed by atoms with Crippen molar-refractivity contribution < 1.29 is 18.0 Å². The summed E-state index contributed by atoms with van der Waals surface area (Å²) in [7, 11) is -3.90. The van der Waals surface area contributed by atoms with Gasteiger partial charge in [-0.2, -0.15) is 0 Å². The molecule has 0 heterocycles. The number of hydrogen-bond donors (Lipinski definition) is 1. The topological polar surface area (TPSA) is 86.8 Å². The minimum atomic E-state index is -3.90. The number of amides is 2. The zero-order chi connectivity index (χ0) is 25.8. The highest BCUT2D eigenvalue weighted by Crippen LogP contribution is 2.33. The van der Waals surface area contributed by atoms with Gasteiger partial charge in [0.25, 0.3) is 0 Å². The van der Waals surface area contributed by atoms with Crippen molar-refractivity contribution in [3.05, 3.63) is 63.1 Å². The van der Waals surface area contributed by atoms with Crippen LogP contribution in [-0.4, -0.2) is 50.0 Å². The first-order valence-corrected chi connectivity index (χ1v) is 14.2. The van der Waals surface area contributed by atoms with Gasteiger partial charge >= 0.3 is 0 Å². The maximum Gasteiger partial charge on any atom is 0.244 e. The number of halogens is 3. The van der Waals surface area contributed by atoms with E-state index in [1.54, 1.807) is 37.3 Å². The molecule has 1 aliphatic rings. The normalized spacial score (nSPS) is 15.0. The van der Waals surface area contributed by atoms with Crippen LogP contribution in [0.25, 0.3) is 0 Å². The summed E-state index contributed by atoms with van der Waals surface area (Å²) in [5.74, 6) is -0.846. The van der Waals surface area contributed by atoms with Gasteiger partial charge in [-0.25, -0.2) is 8.42 Å². The second-order valence-electron chi connectivity index (χ2n) is 8.66. The lowest BCUT2D eigenvalue weighted by Gasteiger charge is -2.32. The van der Waals surface area contributed by atoms with Crippen molar-refractivity contribution in [2.45, 2.75) is 51.2 Å². The van der Waals surface area contributed by atoms with E-state index < -0.39 is 28.5 Å². The Labute approximate surface area is 221 Å². The third-order valence-electron chi connectivity index (χ3n) is 6.01. The second kappa shape index (κ2) is 11.8. The number of carbonyl (C=O) groups is 2. The van der Waals surface area contributed by atoms with E-state index in [0.717, 1.165) is 41.8 Å². The smallest absolute Gasteiger partial charge is 0.244 e. The maximum atomic E-state index is 13.6. The van der Waals surface area contributed by atoms with Crippen LogP contribution in [0.2, 0.25) is 15.1 Å². The number of anilines is 1. The number of benzene rings is 2. The molecule has 2 aromatic carbocycles. The van der Waals surface area contributed by atoms with Crippen molar-refractivity contribution in [1.29, 1.82) is 0 Å². The van der Waals surface area contributed by atoms with Crippen LogP contribution in [0.15, 0.2) is 42.5 Å². The van der Waals surface area contributed by atoms with Crippen LogP contribution in [0.1, 0.15) is 38.2 Å². The van der Waals surface area contributed by atoms with Crippen molar-refractivity contribution in [2.75, 3.05) is 17.1 Å². The molecule has 0 aliphatic heterocycles. The lowest BCUT2D eigenvalue weighted by atomic mass is 10.1. The summed E-state index contributed by atoms with van der Waals surface area (Å²) in [6, 6.07) is 10.7. The van der Waals surface area contributed by atoms with Crippen molar-refractivity contribution in [3.63, 3.8) is 0 Å². The van der Waals surface area contributed by atoms with Gasteiger partial charge in [0, 0.05) is 17.6 Å². The molecule has 1 unspecified atom stereocenters. The van der Waals surface area contributed by atoms with Crippen LogP contribution in [0.4, 0.5) is 5.69 Å². The molecule has 2 aromatic rings. The SMILES string of the molecule is CC(C(=O)NC1CCCC1)N(Cc1ccc(Cl)cc1)C(=O)CN(c1cccc(Cl)c1Cl)S(C)(=O)=O. The summed E-state index contributed by atoms with van der Waals surface area (Å²) < 4.78 is 26.2. The predicted molar refractivity (Wildman–Crippen MR) is 141 cm³/mol. The molecule has 35 heavy (non-hydrogen) atoms. The molecule has 1 atom stereocenters. The van der Waals surface area contributed by atoms with E-state index in [9.17, 15) is 18.0 Å². The Hall–Kier alpha value is -2.00. The Morgan fingerprint density at radius 3 is 2.29 bits per heavy atom. The average Bonchev–Trinajstić information content (AvgIpc) is 3.31. The third kappa shape index (κ3) is 7.26. The quantitative estimate of drug-likeness (QED) is 0.473. The van der Waals surface area contributed by atoms with Gasteiger partial charge in [-0.05, 0) is 49.6 Å². The number of rotatable bonds is 9. The molecule has 11 heteroatoms. The average molecular weight is 561 g/mol. The van der Waals surface area contributed by atoms with Crippen LogP contribution < -0.4 is 9.62 Å². The molecule has 7 nitrogen and oxygen atoms in total. The second-order valence-corrected chi connectivity index (χ2v) is 11.8. The zero-order valence-corrected chi connectivity index (χ0v) is 22.6. The van der Waals surface area contributed by atoms with Gasteiger partial charge in [0.2, 0.25) is 21.8 Å². The molecule has 1 fully saturated rings. The fourth-order valence-electron chi connectivity index (χ4n) is 4.04. The molecule has 1 saturated carbocycles. The lowest BCUT2D eigenvalue weighted by Crippen LogP contribution is -2.52. The standard InChI is InChI=1S/C24H28Cl3N3O4S/c1-16(24(32)28-19-6-3-4-7-19)29(14-17-10-12-18(25)13-11-17)22(31)15-30(35(2,33)34)21-9-5-8-20(26)23(21)27/h5,8-13,16,19H,3-4,6-7,14-15H2,1-2H3,(H,28,32). The molecule has 1 aliphatic carbocycles. The molecule has 2 amide bonds. The minimum Gasteiger partial charge on any atom is -0.352 e. The predicted octanol–water partition coefficient (Wildman–Crippen LogP) is 4.89. The summed E-state index contributed by atoms with van der Waals surface area (Å²) >= 11 is 18.3. The van der Waals surface area contributed by atoms with Gasteiger partial charge in [0.1, 0.15) is 12.6 Å². The van der Waals surface area contributed by atoms with Gasteiger partial charge < -0.3 is 10.2 Å².